The summed E-state index contributed by atoms with van der Waals surface area (Å²) in [7, 11) is -4.09. The molecule has 1 aromatic carbocycles. The fourth-order valence-electron chi connectivity index (χ4n) is 2.26. The second-order valence-electron chi connectivity index (χ2n) is 5.10. The third-order valence-corrected chi connectivity index (χ3v) is 5.01. The fourth-order valence-corrected chi connectivity index (χ4v) is 3.50. The lowest BCUT2D eigenvalue weighted by atomic mass is 10.1. The van der Waals surface area contributed by atoms with E-state index in [1.165, 1.54) is 12.1 Å². The zero-order chi connectivity index (χ0) is 16.2. The molecule has 1 unspecified atom stereocenters. The molecule has 8 heteroatoms. The van der Waals surface area contributed by atoms with Gasteiger partial charge in [-0.05, 0) is 31.4 Å². The summed E-state index contributed by atoms with van der Waals surface area (Å²) in [6.45, 7) is 0.540. The topological polar surface area (TPSA) is 92.3 Å². The highest BCUT2D eigenvalue weighted by Crippen LogP contribution is 2.15. The zero-order valence-electron chi connectivity index (χ0n) is 11.8. The van der Waals surface area contributed by atoms with Crippen LogP contribution in [0.25, 0.3) is 0 Å². The van der Waals surface area contributed by atoms with E-state index in [0.29, 0.717) is 13.0 Å². The lowest BCUT2D eigenvalue weighted by Crippen LogP contribution is -2.47. The van der Waals surface area contributed by atoms with Gasteiger partial charge in [-0.3, -0.25) is 9.59 Å². The van der Waals surface area contributed by atoms with Crippen LogP contribution in [0.15, 0.2) is 29.2 Å². The molecular weight excluding hydrogens is 311 g/mol. The molecule has 2 amide bonds. The summed E-state index contributed by atoms with van der Waals surface area (Å²) >= 11 is 0. The number of hydrogen-bond acceptors (Lipinski definition) is 4. The van der Waals surface area contributed by atoms with E-state index >= 15 is 0 Å². The molecule has 2 N–H and O–H groups in total. The number of rotatable bonds is 4. The molecule has 0 bridgehead atoms. The van der Waals surface area contributed by atoms with Crippen LogP contribution in [0.5, 0.6) is 0 Å². The van der Waals surface area contributed by atoms with Crippen molar-refractivity contribution in [1.82, 2.24) is 10.6 Å². The third kappa shape index (κ3) is 4.03. The summed E-state index contributed by atoms with van der Waals surface area (Å²) in [6, 6.07) is 4.13. The first-order chi connectivity index (χ1) is 10.4. The molecule has 1 aliphatic rings. The standard InChI is InChI=1S/C14H17FN2O4S/c15-10-5-1-2-7-12(10)22(20,21)9-13(18)17-11-6-3-4-8-16-14(11)19/h1-2,5,7,11H,3-4,6,8-9H2,(H,16,19)(H,17,18). The smallest absolute Gasteiger partial charge is 0.242 e. The molecule has 22 heavy (non-hydrogen) atoms. The van der Waals surface area contributed by atoms with Crippen molar-refractivity contribution in [2.75, 3.05) is 12.3 Å². The summed E-state index contributed by atoms with van der Waals surface area (Å²) in [4.78, 5) is 23.1. The second kappa shape index (κ2) is 6.87. The van der Waals surface area contributed by atoms with E-state index in [1.54, 1.807) is 0 Å². The van der Waals surface area contributed by atoms with E-state index in [0.717, 1.165) is 25.0 Å². The highest BCUT2D eigenvalue weighted by molar-refractivity contribution is 7.92. The minimum atomic E-state index is -4.09. The van der Waals surface area contributed by atoms with E-state index < -0.39 is 38.3 Å². The monoisotopic (exact) mass is 328 g/mol. The van der Waals surface area contributed by atoms with E-state index in [1.807, 2.05) is 0 Å². The molecule has 0 spiro atoms. The van der Waals surface area contributed by atoms with E-state index in [-0.39, 0.29) is 5.91 Å². The summed E-state index contributed by atoms with van der Waals surface area (Å²) in [5.74, 6) is -2.93. The average Bonchev–Trinajstić information content (AvgIpc) is 2.64. The zero-order valence-corrected chi connectivity index (χ0v) is 12.7. The van der Waals surface area contributed by atoms with Gasteiger partial charge in [0.1, 0.15) is 22.5 Å². The van der Waals surface area contributed by atoms with Gasteiger partial charge in [-0.2, -0.15) is 0 Å². The van der Waals surface area contributed by atoms with Crippen LogP contribution in [-0.2, 0) is 19.4 Å². The molecule has 120 valence electrons. The van der Waals surface area contributed by atoms with Gasteiger partial charge in [0.15, 0.2) is 9.84 Å². The third-order valence-electron chi connectivity index (χ3n) is 3.36. The normalized spacial score (nSPS) is 19.1. The molecule has 1 saturated heterocycles. The Morgan fingerprint density at radius 3 is 2.77 bits per heavy atom. The Morgan fingerprint density at radius 2 is 2.05 bits per heavy atom. The van der Waals surface area contributed by atoms with Crippen molar-refractivity contribution < 1.29 is 22.4 Å². The molecule has 1 aromatic rings. The number of carbonyl (C=O) groups is 2. The number of nitrogens with one attached hydrogen (secondary N) is 2. The Bertz CT molecular complexity index is 675. The average molecular weight is 328 g/mol. The van der Waals surface area contributed by atoms with Crippen LogP contribution in [0, 0.1) is 5.82 Å². The molecule has 1 aliphatic heterocycles. The van der Waals surface area contributed by atoms with Gasteiger partial charge < -0.3 is 10.6 Å². The molecule has 1 atom stereocenters. The van der Waals surface area contributed by atoms with Gasteiger partial charge in [0.05, 0.1) is 0 Å². The number of benzene rings is 1. The molecule has 2 rings (SSSR count). The van der Waals surface area contributed by atoms with Crippen LogP contribution in [0.1, 0.15) is 19.3 Å². The molecule has 0 radical (unpaired) electrons. The van der Waals surface area contributed by atoms with E-state index in [9.17, 15) is 22.4 Å². The second-order valence-corrected chi connectivity index (χ2v) is 7.05. The van der Waals surface area contributed by atoms with Crippen LogP contribution in [0.4, 0.5) is 4.39 Å². The Labute approximate surface area is 128 Å². The number of amides is 2. The van der Waals surface area contributed by atoms with E-state index in [2.05, 4.69) is 10.6 Å². The maximum atomic E-state index is 13.5. The van der Waals surface area contributed by atoms with Gasteiger partial charge >= 0.3 is 0 Å². The molecule has 1 fully saturated rings. The van der Waals surface area contributed by atoms with Crippen LogP contribution >= 0.6 is 0 Å². The highest BCUT2D eigenvalue weighted by atomic mass is 32.2. The Kier molecular flexibility index (Phi) is 5.12. The number of halogens is 1. The van der Waals surface area contributed by atoms with Crippen molar-refractivity contribution in [3.63, 3.8) is 0 Å². The number of hydrogen-bond donors (Lipinski definition) is 2. The van der Waals surface area contributed by atoms with Crippen LogP contribution in [0.3, 0.4) is 0 Å². The first-order valence-electron chi connectivity index (χ1n) is 6.94. The molecule has 0 saturated carbocycles. The van der Waals surface area contributed by atoms with Gasteiger partial charge in [-0.15, -0.1) is 0 Å². The molecule has 0 aromatic heterocycles. The molecule has 0 aliphatic carbocycles. The highest BCUT2D eigenvalue weighted by Gasteiger charge is 2.27. The van der Waals surface area contributed by atoms with Crippen LogP contribution in [-0.4, -0.2) is 38.6 Å². The first-order valence-corrected chi connectivity index (χ1v) is 8.60. The summed E-state index contributed by atoms with van der Waals surface area (Å²) in [5, 5.41) is 5.04. The predicted molar refractivity (Wildman–Crippen MR) is 77.2 cm³/mol. The summed E-state index contributed by atoms with van der Waals surface area (Å²) in [5.41, 5.74) is 0. The fraction of sp³-hybridized carbons (Fsp3) is 0.429. The van der Waals surface area contributed by atoms with Gasteiger partial charge in [0.2, 0.25) is 11.8 Å². The lowest BCUT2D eigenvalue weighted by molar-refractivity contribution is -0.127. The Hall–Kier alpha value is -1.96. The quantitative estimate of drug-likeness (QED) is 0.836. The molecular formula is C14H17FN2O4S. The molecule has 6 nitrogen and oxygen atoms in total. The van der Waals surface area contributed by atoms with Crippen molar-refractivity contribution in [2.24, 2.45) is 0 Å². The van der Waals surface area contributed by atoms with Crippen LogP contribution < -0.4 is 10.6 Å². The van der Waals surface area contributed by atoms with Crippen molar-refractivity contribution in [2.45, 2.75) is 30.2 Å². The van der Waals surface area contributed by atoms with Gasteiger partial charge in [-0.1, -0.05) is 12.1 Å². The van der Waals surface area contributed by atoms with Gasteiger partial charge in [0, 0.05) is 6.54 Å². The van der Waals surface area contributed by atoms with Crippen molar-refractivity contribution >= 4 is 21.7 Å². The maximum absolute atomic E-state index is 13.5. The lowest BCUT2D eigenvalue weighted by Gasteiger charge is -2.15. The minimum Gasteiger partial charge on any atom is -0.354 e. The van der Waals surface area contributed by atoms with Crippen molar-refractivity contribution in [3.05, 3.63) is 30.1 Å². The first kappa shape index (κ1) is 16.4. The van der Waals surface area contributed by atoms with Gasteiger partial charge in [0.25, 0.3) is 0 Å². The number of sulfone groups is 1. The Balaban J connectivity index is 2.05. The largest absolute Gasteiger partial charge is 0.354 e. The predicted octanol–water partition coefficient (Wildman–Crippen LogP) is 0.384. The van der Waals surface area contributed by atoms with Gasteiger partial charge in [-0.25, -0.2) is 12.8 Å². The minimum absolute atomic E-state index is 0.325. The van der Waals surface area contributed by atoms with E-state index in [4.69, 9.17) is 0 Å². The van der Waals surface area contributed by atoms with Crippen molar-refractivity contribution in [1.29, 1.82) is 0 Å². The summed E-state index contributed by atoms with van der Waals surface area (Å²) in [6.07, 6.45) is 2.02. The molecule has 1 heterocycles. The van der Waals surface area contributed by atoms with Crippen LogP contribution in [0.2, 0.25) is 0 Å². The summed E-state index contributed by atoms with van der Waals surface area (Å²) < 4.78 is 37.6. The van der Waals surface area contributed by atoms with Crippen molar-refractivity contribution in [3.8, 4) is 0 Å². The number of carbonyl (C=O) groups excluding carboxylic acids is 2. The SMILES string of the molecule is O=C(CS(=O)(=O)c1ccccc1F)NC1CCCCNC1=O. The Morgan fingerprint density at radius 1 is 1.32 bits per heavy atom. The maximum Gasteiger partial charge on any atom is 0.242 e.